The molecule has 1 unspecified atom stereocenters. The van der Waals surface area contributed by atoms with Crippen molar-refractivity contribution in [1.29, 1.82) is 0 Å². The van der Waals surface area contributed by atoms with Gasteiger partial charge in [0.05, 0.1) is 22.4 Å². The maximum Gasteiger partial charge on any atom is 0.137 e. The number of para-hydroxylation sites is 1. The molecule has 276 valence electrons. The van der Waals surface area contributed by atoms with Crippen LogP contribution < -0.4 is 4.74 Å². The minimum absolute atomic E-state index is 0.0875. The quantitative estimate of drug-likeness (QED) is 0.141. The molecule has 0 aliphatic heterocycles. The van der Waals surface area contributed by atoms with Gasteiger partial charge in [-0.05, 0) is 116 Å². The number of rotatable bonds is 9. The summed E-state index contributed by atoms with van der Waals surface area (Å²) < 4.78 is 11.3. The lowest BCUT2D eigenvalue weighted by Crippen LogP contribution is -2.26. The Morgan fingerprint density at radius 1 is 0.830 bits per heavy atom. The van der Waals surface area contributed by atoms with E-state index >= 15 is 0 Å². The Kier molecular flexibility index (Phi) is 9.91. The molecule has 0 spiro atoms. The molecule has 0 radical (unpaired) electrons. The molecule has 0 bridgehead atoms. The van der Waals surface area contributed by atoms with E-state index in [0.29, 0.717) is 29.6 Å². The third-order valence-corrected chi connectivity index (χ3v) is 11.4. The lowest BCUT2D eigenvalue weighted by molar-refractivity contribution is 0.297. The fourth-order valence-electron chi connectivity index (χ4n) is 8.81. The lowest BCUT2D eigenvalue weighted by atomic mass is 9.67. The first-order chi connectivity index (χ1) is 25.2. The molecule has 0 saturated heterocycles. The van der Waals surface area contributed by atoms with Crippen molar-refractivity contribution in [3.05, 3.63) is 119 Å². The van der Waals surface area contributed by atoms with Gasteiger partial charge in [-0.15, -0.1) is 0 Å². The van der Waals surface area contributed by atoms with Gasteiger partial charge in [0.15, 0.2) is 0 Å². The summed E-state index contributed by atoms with van der Waals surface area (Å²) >= 11 is 0. The van der Waals surface area contributed by atoms with Crippen LogP contribution in [-0.2, 0) is 11.8 Å². The molecule has 2 atom stereocenters. The molecule has 5 heteroatoms. The Hall–Kier alpha value is -4.64. The summed E-state index contributed by atoms with van der Waals surface area (Å²) in [6.45, 7) is 25.3. The van der Waals surface area contributed by atoms with Crippen LogP contribution in [0, 0.1) is 37.5 Å². The van der Waals surface area contributed by atoms with Gasteiger partial charge in [-0.3, -0.25) is 4.57 Å². The molecule has 1 aliphatic carbocycles. The van der Waals surface area contributed by atoms with Crippen molar-refractivity contribution in [2.75, 3.05) is 0 Å². The average Bonchev–Trinajstić information content (AvgIpc) is 3.59. The number of allylic oxidation sites excluding steroid dienone is 2. The molecule has 1 aliphatic rings. The zero-order chi connectivity index (χ0) is 37.8. The van der Waals surface area contributed by atoms with E-state index in [-0.39, 0.29) is 5.41 Å². The maximum absolute atomic E-state index is 6.85. The third-order valence-electron chi connectivity index (χ3n) is 11.4. The fraction of sp³-hybridized carbons (Fsp3) is 0.417. The number of pyridine rings is 1. The van der Waals surface area contributed by atoms with Crippen molar-refractivity contribution in [3.8, 4) is 23.0 Å². The van der Waals surface area contributed by atoms with Crippen LogP contribution >= 0.6 is 0 Å². The molecular weight excluding hydrogens is 649 g/mol. The van der Waals surface area contributed by atoms with Gasteiger partial charge in [0.1, 0.15) is 17.3 Å². The molecule has 0 N–H and O–H groups in total. The van der Waals surface area contributed by atoms with Crippen LogP contribution in [-0.4, -0.2) is 19.3 Å². The SMILES string of the molecule is Cc1nn(-c2cc(Oc3ccc4c5ccccc5n(-c5cc(CC(C)C)ccn5)c4c3)cc(C(C)(C)C)c2)c(C)c1C1C(C(C)C)=CCC[C@@H]1C(C)C. The van der Waals surface area contributed by atoms with Crippen molar-refractivity contribution in [1.82, 2.24) is 19.3 Å². The monoisotopic (exact) mass is 706 g/mol. The molecule has 53 heavy (non-hydrogen) atoms. The van der Waals surface area contributed by atoms with Gasteiger partial charge < -0.3 is 4.74 Å². The average molecular weight is 707 g/mol. The molecule has 5 nitrogen and oxygen atoms in total. The van der Waals surface area contributed by atoms with E-state index in [1.54, 1.807) is 5.57 Å². The number of aromatic nitrogens is 4. The van der Waals surface area contributed by atoms with E-state index in [9.17, 15) is 0 Å². The van der Waals surface area contributed by atoms with E-state index in [2.05, 4.69) is 164 Å². The number of hydrogen-bond acceptors (Lipinski definition) is 3. The predicted molar refractivity (Wildman–Crippen MR) is 222 cm³/mol. The molecule has 6 aromatic rings. The Balaban J connectivity index is 1.33. The van der Waals surface area contributed by atoms with Crippen LogP contribution in [0.15, 0.2) is 90.6 Å². The standard InChI is InChI=1S/C48H58N4O/c1-29(2)23-34-21-22-49-45(24-34)51-43-18-13-12-15-41(43)42-20-19-37(28-44(42)51)53-38-26-35(48(9,10)11)25-36(27-38)52-33(8)46(32(7)50-52)47-39(30(3)4)16-14-17-40(47)31(5)6/h12-13,15-16,18-22,24-31,40,47H,14,17,23H2,1-11H3/t40-,47?/m1/s1. The lowest BCUT2D eigenvalue weighted by Gasteiger charge is -2.37. The van der Waals surface area contributed by atoms with Crippen molar-refractivity contribution < 1.29 is 4.74 Å². The van der Waals surface area contributed by atoms with Crippen molar-refractivity contribution in [2.24, 2.45) is 23.7 Å². The second-order valence-corrected chi connectivity index (χ2v) is 17.5. The first-order valence-electron chi connectivity index (χ1n) is 19.8. The zero-order valence-corrected chi connectivity index (χ0v) is 33.8. The summed E-state index contributed by atoms with van der Waals surface area (Å²) in [5, 5.41) is 7.66. The molecule has 3 aromatic carbocycles. The second kappa shape index (κ2) is 14.3. The van der Waals surface area contributed by atoms with E-state index in [4.69, 9.17) is 14.8 Å². The highest BCUT2D eigenvalue weighted by molar-refractivity contribution is 6.09. The summed E-state index contributed by atoms with van der Waals surface area (Å²) in [5.41, 5.74) is 11.0. The minimum Gasteiger partial charge on any atom is -0.457 e. The van der Waals surface area contributed by atoms with Crippen LogP contribution in [0.2, 0.25) is 0 Å². The van der Waals surface area contributed by atoms with Gasteiger partial charge in [-0.1, -0.05) is 92.2 Å². The number of hydrogen-bond donors (Lipinski definition) is 0. The topological polar surface area (TPSA) is 44.9 Å². The fourth-order valence-corrected chi connectivity index (χ4v) is 8.81. The number of aryl methyl sites for hydroxylation is 1. The van der Waals surface area contributed by atoms with E-state index in [0.717, 1.165) is 46.2 Å². The van der Waals surface area contributed by atoms with Gasteiger partial charge in [-0.25, -0.2) is 9.67 Å². The summed E-state index contributed by atoms with van der Waals surface area (Å²) in [4.78, 5) is 4.88. The number of benzene rings is 3. The smallest absolute Gasteiger partial charge is 0.137 e. The summed E-state index contributed by atoms with van der Waals surface area (Å²) in [6.07, 6.45) is 7.86. The van der Waals surface area contributed by atoms with E-state index in [1.807, 2.05) is 6.20 Å². The summed E-state index contributed by atoms with van der Waals surface area (Å²) in [6, 6.07) is 26.1. The molecule has 0 fully saturated rings. The van der Waals surface area contributed by atoms with Gasteiger partial charge in [0.25, 0.3) is 0 Å². The van der Waals surface area contributed by atoms with Crippen LogP contribution in [0.4, 0.5) is 0 Å². The highest BCUT2D eigenvalue weighted by Crippen LogP contribution is 2.47. The zero-order valence-electron chi connectivity index (χ0n) is 33.8. The van der Waals surface area contributed by atoms with Gasteiger partial charge in [-0.2, -0.15) is 5.10 Å². The Labute approximate surface area is 317 Å². The number of fused-ring (bicyclic) bond motifs is 3. The Morgan fingerprint density at radius 2 is 1.58 bits per heavy atom. The van der Waals surface area contributed by atoms with Crippen molar-refractivity contribution >= 4 is 21.8 Å². The molecule has 3 aromatic heterocycles. The third kappa shape index (κ3) is 7.07. The Morgan fingerprint density at radius 3 is 2.30 bits per heavy atom. The number of nitrogens with zero attached hydrogens (tertiary/aromatic N) is 4. The van der Waals surface area contributed by atoms with Gasteiger partial charge in [0.2, 0.25) is 0 Å². The molecule has 0 amide bonds. The van der Waals surface area contributed by atoms with Crippen LogP contribution in [0.5, 0.6) is 11.5 Å². The van der Waals surface area contributed by atoms with Gasteiger partial charge >= 0.3 is 0 Å². The van der Waals surface area contributed by atoms with Crippen LogP contribution in [0.1, 0.15) is 109 Å². The first-order valence-corrected chi connectivity index (χ1v) is 19.8. The number of ether oxygens (including phenoxy) is 1. The molecular formula is C48H58N4O. The largest absolute Gasteiger partial charge is 0.457 e. The van der Waals surface area contributed by atoms with E-state index in [1.165, 1.54) is 46.0 Å². The van der Waals surface area contributed by atoms with Crippen LogP contribution in [0.25, 0.3) is 33.3 Å². The summed E-state index contributed by atoms with van der Waals surface area (Å²) in [5.74, 6) is 5.19. The second-order valence-electron chi connectivity index (χ2n) is 17.5. The first kappa shape index (κ1) is 36.7. The molecule has 7 rings (SSSR count). The highest BCUT2D eigenvalue weighted by Gasteiger charge is 2.36. The van der Waals surface area contributed by atoms with E-state index < -0.39 is 0 Å². The predicted octanol–water partition coefficient (Wildman–Crippen LogP) is 13.0. The molecule has 3 heterocycles. The normalized spacial score (nSPS) is 16.8. The highest BCUT2D eigenvalue weighted by atomic mass is 16.5. The maximum atomic E-state index is 6.85. The van der Waals surface area contributed by atoms with Crippen molar-refractivity contribution in [3.63, 3.8) is 0 Å². The van der Waals surface area contributed by atoms with Gasteiger partial charge in [0, 0.05) is 46.3 Å². The van der Waals surface area contributed by atoms with Crippen LogP contribution in [0.3, 0.4) is 0 Å². The minimum atomic E-state index is -0.0875. The summed E-state index contributed by atoms with van der Waals surface area (Å²) in [7, 11) is 0. The molecule has 0 saturated carbocycles. The Bertz CT molecular complexity index is 2310. The van der Waals surface area contributed by atoms with Crippen molar-refractivity contribution in [2.45, 2.75) is 107 Å².